The third-order valence-electron chi connectivity index (χ3n) is 4.35. The number of aromatic nitrogens is 1. The van der Waals surface area contributed by atoms with Crippen LogP contribution in [0.25, 0.3) is 0 Å². The maximum absolute atomic E-state index is 14.1. The zero-order chi connectivity index (χ0) is 15.9. The Hall–Kier alpha value is -0.730. The van der Waals surface area contributed by atoms with Gasteiger partial charge >= 0.3 is 0 Å². The predicted octanol–water partition coefficient (Wildman–Crippen LogP) is 2.38. The van der Waals surface area contributed by atoms with E-state index in [1.54, 1.807) is 13.2 Å². The van der Waals surface area contributed by atoms with Gasteiger partial charge in [0.2, 0.25) is 10.0 Å². The lowest BCUT2D eigenvalue weighted by Crippen LogP contribution is -2.49. The maximum atomic E-state index is 14.1. The lowest BCUT2D eigenvalue weighted by atomic mass is 10.1. The molecular formula is C14H19BrFN3O2S. The van der Waals surface area contributed by atoms with Gasteiger partial charge in [0.05, 0.1) is 5.25 Å². The molecule has 0 spiro atoms. The summed E-state index contributed by atoms with van der Waals surface area (Å²) >= 11 is 3.20. The van der Waals surface area contributed by atoms with E-state index in [2.05, 4.69) is 20.9 Å². The highest BCUT2D eigenvalue weighted by Crippen LogP contribution is 2.33. The zero-order valence-electron chi connectivity index (χ0n) is 12.4. The summed E-state index contributed by atoms with van der Waals surface area (Å²) in [5.74, 6) is -0.0900. The molecular weight excluding hydrogens is 373 g/mol. The lowest BCUT2D eigenvalue weighted by molar-refractivity contribution is 0.318. The Morgan fingerprint density at radius 2 is 2.14 bits per heavy atom. The Kier molecular flexibility index (Phi) is 4.44. The molecule has 1 unspecified atom stereocenters. The van der Waals surface area contributed by atoms with Crippen molar-refractivity contribution in [2.45, 2.75) is 37.0 Å². The van der Waals surface area contributed by atoms with E-state index in [0.717, 1.165) is 25.7 Å². The first kappa shape index (κ1) is 16.1. The number of piperidine rings is 1. The first-order valence-corrected chi connectivity index (χ1v) is 9.72. The zero-order valence-corrected chi connectivity index (χ0v) is 14.8. The van der Waals surface area contributed by atoms with E-state index in [0.29, 0.717) is 23.4 Å². The number of sulfonamides is 1. The number of nitrogens with zero attached hydrogens (tertiary/aromatic N) is 3. The monoisotopic (exact) mass is 391 g/mol. The summed E-state index contributed by atoms with van der Waals surface area (Å²) in [6.07, 6.45) is 4.70. The second-order valence-corrected chi connectivity index (χ2v) is 9.15. The molecule has 22 heavy (non-hydrogen) atoms. The van der Waals surface area contributed by atoms with E-state index in [1.807, 2.05) is 4.90 Å². The van der Waals surface area contributed by atoms with Crippen LogP contribution in [0.15, 0.2) is 16.7 Å². The molecule has 3 rings (SSSR count). The van der Waals surface area contributed by atoms with Gasteiger partial charge in [0, 0.05) is 36.8 Å². The van der Waals surface area contributed by atoms with Crippen molar-refractivity contribution < 1.29 is 12.8 Å². The second-order valence-electron chi connectivity index (χ2n) is 5.96. The number of hydrogen-bond acceptors (Lipinski definition) is 4. The van der Waals surface area contributed by atoms with Gasteiger partial charge in [-0.1, -0.05) is 0 Å². The fraction of sp³-hybridized carbons (Fsp3) is 0.643. The van der Waals surface area contributed by atoms with Crippen molar-refractivity contribution in [3.05, 3.63) is 22.6 Å². The average molecular weight is 392 g/mol. The normalized spacial score (nSPS) is 23.1. The van der Waals surface area contributed by atoms with E-state index < -0.39 is 10.0 Å². The molecule has 1 saturated carbocycles. The van der Waals surface area contributed by atoms with Gasteiger partial charge < -0.3 is 4.90 Å². The van der Waals surface area contributed by atoms with Gasteiger partial charge in [-0.25, -0.2) is 17.8 Å². The van der Waals surface area contributed by atoms with Crippen molar-refractivity contribution in [3.8, 4) is 0 Å². The molecule has 8 heteroatoms. The van der Waals surface area contributed by atoms with E-state index in [-0.39, 0.29) is 17.1 Å². The van der Waals surface area contributed by atoms with Crippen molar-refractivity contribution in [1.82, 2.24) is 9.29 Å². The fourth-order valence-corrected chi connectivity index (χ4v) is 4.99. The molecule has 1 aliphatic heterocycles. The Morgan fingerprint density at radius 3 is 2.77 bits per heavy atom. The highest BCUT2D eigenvalue weighted by atomic mass is 79.9. The van der Waals surface area contributed by atoms with Crippen LogP contribution in [0.4, 0.5) is 10.2 Å². The Morgan fingerprint density at radius 1 is 1.41 bits per heavy atom. The molecule has 1 aliphatic carbocycles. The van der Waals surface area contributed by atoms with Gasteiger partial charge in [0.1, 0.15) is 0 Å². The highest BCUT2D eigenvalue weighted by molar-refractivity contribution is 9.10. The van der Waals surface area contributed by atoms with Gasteiger partial charge in [-0.15, -0.1) is 0 Å². The van der Waals surface area contributed by atoms with Gasteiger partial charge in [-0.3, -0.25) is 0 Å². The molecule has 0 bridgehead atoms. The topological polar surface area (TPSA) is 53.5 Å². The van der Waals surface area contributed by atoms with Gasteiger partial charge in [0.15, 0.2) is 11.6 Å². The van der Waals surface area contributed by atoms with Crippen molar-refractivity contribution in [3.63, 3.8) is 0 Å². The lowest BCUT2D eigenvalue weighted by Gasteiger charge is -2.37. The number of anilines is 1. The van der Waals surface area contributed by atoms with Crippen LogP contribution < -0.4 is 4.90 Å². The highest BCUT2D eigenvalue weighted by Gasteiger charge is 2.42. The van der Waals surface area contributed by atoms with Gasteiger partial charge in [0.25, 0.3) is 0 Å². The van der Waals surface area contributed by atoms with Crippen LogP contribution in [0, 0.1) is 5.82 Å². The van der Waals surface area contributed by atoms with Crippen LogP contribution in [-0.4, -0.2) is 49.1 Å². The molecule has 0 aromatic carbocycles. The minimum absolute atomic E-state index is 0.121. The standard InChI is InChI=1S/C14H19BrFN3O2S/c1-18(22(20,21)12-4-5-12)11-3-2-6-19(9-11)14-13(16)7-10(15)8-17-14/h7-8,11-12H,2-6,9H2,1H3. The summed E-state index contributed by atoms with van der Waals surface area (Å²) in [4.78, 5) is 5.98. The molecule has 0 amide bonds. The summed E-state index contributed by atoms with van der Waals surface area (Å²) in [7, 11) is -1.56. The summed E-state index contributed by atoms with van der Waals surface area (Å²) < 4.78 is 40.9. The number of rotatable bonds is 4. The van der Waals surface area contributed by atoms with Crippen molar-refractivity contribution in [1.29, 1.82) is 0 Å². The first-order valence-electron chi connectivity index (χ1n) is 7.42. The largest absolute Gasteiger partial charge is 0.353 e. The van der Waals surface area contributed by atoms with E-state index in [1.165, 1.54) is 10.4 Å². The van der Waals surface area contributed by atoms with Crippen molar-refractivity contribution in [2.24, 2.45) is 0 Å². The second kappa shape index (κ2) is 6.05. The fourth-order valence-electron chi connectivity index (χ4n) is 2.89. The van der Waals surface area contributed by atoms with Gasteiger partial charge in [-0.05, 0) is 47.7 Å². The molecule has 1 aromatic rings. The third kappa shape index (κ3) is 3.14. The predicted molar refractivity (Wildman–Crippen MR) is 86.8 cm³/mol. The summed E-state index contributed by atoms with van der Waals surface area (Å²) in [6, 6.07) is 1.26. The Bertz CT molecular complexity index is 666. The minimum atomic E-state index is -3.20. The van der Waals surface area contributed by atoms with Crippen LogP contribution in [0.1, 0.15) is 25.7 Å². The first-order chi connectivity index (χ1) is 10.4. The molecule has 0 N–H and O–H groups in total. The van der Waals surface area contributed by atoms with Crippen molar-refractivity contribution >= 4 is 31.8 Å². The molecule has 1 aromatic heterocycles. The molecule has 2 aliphatic rings. The van der Waals surface area contributed by atoms with E-state index in [4.69, 9.17) is 0 Å². The van der Waals surface area contributed by atoms with Crippen LogP contribution in [0.3, 0.4) is 0 Å². The van der Waals surface area contributed by atoms with Crippen molar-refractivity contribution in [2.75, 3.05) is 25.0 Å². The SMILES string of the molecule is CN(C1CCCN(c2ncc(Br)cc2F)C1)S(=O)(=O)C1CC1. The third-order valence-corrected chi connectivity index (χ3v) is 7.19. The minimum Gasteiger partial charge on any atom is -0.353 e. The quantitative estimate of drug-likeness (QED) is 0.790. The molecule has 1 atom stereocenters. The molecule has 122 valence electrons. The van der Waals surface area contributed by atoms with E-state index >= 15 is 0 Å². The van der Waals surface area contributed by atoms with Crippen LogP contribution in [-0.2, 0) is 10.0 Å². The number of likely N-dealkylation sites (N-methyl/N-ethyl adjacent to an activating group) is 1. The average Bonchev–Trinajstić information content (AvgIpc) is 3.31. The van der Waals surface area contributed by atoms with Crippen LogP contribution in [0.2, 0.25) is 0 Å². The summed E-state index contributed by atoms with van der Waals surface area (Å²) in [5.41, 5.74) is 0. The van der Waals surface area contributed by atoms with Gasteiger partial charge in [-0.2, -0.15) is 4.31 Å². The van der Waals surface area contributed by atoms with Crippen LogP contribution in [0.5, 0.6) is 0 Å². The summed E-state index contributed by atoms with van der Waals surface area (Å²) in [6.45, 7) is 1.17. The molecule has 2 heterocycles. The molecule has 2 fully saturated rings. The Labute approximate surface area is 138 Å². The smallest absolute Gasteiger partial charge is 0.217 e. The number of hydrogen-bond donors (Lipinski definition) is 0. The number of halogens is 2. The van der Waals surface area contributed by atoms with E-state index in [9.17, 15) is 12.8 Å². The number of pyridine rings is 1. The summed E-state index contributed by atoms with van der Waals surface area (Å²) in [5, 5.41) is -0.213. The maximum Gasteiger partial charge on any atom is 0.217 e. The molecule has 0 radical (unpaired) electrons. The molecule has 5 nitrogen and oxygen atoms in total. The molecule has 1 saturated heterocycles. The Balaban J connectivity index is 1.76. The van der Waals surface area contributed by atoms with Crippen LogP contribution >= 0.6 is 15.9 Å².